The highest BCUT2D eigenvalue weighted by molar-refractivity contribution is 9.10. The van der Waals surface area contributed by atoms with Gasteiger partial charge < -0.3 is 10.6 Å². The van der Waals surface area contributed by atoms with Crippen molar-refractivity contribution in [1.29, 1.82) is 0 Å². The first kappa shape index (κ1) is 17.0. The fraction of sp³-hybridized carbons (Fsp3) is 0.278. The molecule has 0 amide bonds. The molecule has 0 aliphatic carbocycles. The first-order valence-electron chi connectivity index (χ1n) is 7.50. The summed E-state index contributed by atoms with van der Waals surface area (Å²) in [6.45, 7) is 4.31. The Hall–Kier alpha value is -1.39. The third kappa shape index (κ3) is 5.11. The zero-order chi connectivity index (χ0) is 15.9. The number of rotatable bonds is 5. The van der Waals surface area contributed by atoms with E-state index in [2.05, 4.69) is 64.7 Å². The van der Waals surface area contributed by atoms with Crippen LogP contribution in [0.1, 0.15) is 37.4 Å². The first-order valence-corrected chi connectivity index (χ1v) is 8.70. The van der Waals surface area contributed by atoms with Crippen LogP contribution in [0.15, 0.2) is 53.0 Å². The van der Waals surface area contributed by atoms with E-state index in [1.807, 2.05) is 24.3 Å². The number of thiocarbonyl (C=S) groups is 1. The topological polar surface area (TPSA) is 24.1 Å². The molecule has 2 nitrogen and oxygen atoms in total. The second-order valence-electron chi connectivity index (χ2n) is 5.32. The standard InChI is InChI=1S/C18H21BrN2S/c1-3-4-14-5-7-15(8-6-14)13(2)20-18(22)21-17-11-9-16(19)10-12-17/h5-13H,3-4H2,1-2H3,(H2,20,21,22). The molecular weight excluding hydrogens is 356 g/mol. The molecule has 0 bridgehead atoms. The highest BCUT2D eigenvalue weighted by Crippen LogP contribution is 2.16. The number of benzene rings is 2. The molecule has 0 heterocycles. The number of nitrogens with one attached hydrogen (secondary N) is 2. The molecule has 1 unspecified atom stereocenters. The maximum atomic E-state index is 5.38. The Morgan fingerprint density at radius 2 is 1.73 bits per heavy atom. The number of hydrogen-bond acceptors (Lipinski definition) is 1. The molecule has 0 aliphatic heterocycles. The molecule has 2 aromatic rings. The highest BCUT2D eigenvalue weighted by Gasteiger charge is 2.07. The average molecular weight is 377 g/mol. The highest BCUT2D eigenvalue weighted by atomic mass is 79.9. The number of halogens is 1. The van der Waals surface area contributed by atoms with Crippen molar-refractivity contribution in [2.45, 2.75) is 32.7 Å². The molecule has 4 heteroatoms. The summed E-state index contributed by atoms with van der Waals surface area (Å²) in [5, 5.41) is 7.15. The second-order valence-corrected chi connectivity index (χ2v) is 6.64. The van der Waals surface area contributed by atoms with Gasteiger partial charge in [-0.05, 0) is 61.0 Å². The van der Waals surface area contributed by atoms with Crippen molar-refractivity contribution in [3.8, 4) is 0 Å². The van der Waals surface area contributed by atoms with Crippen molar-refractivity contribution in [3.63, 3.8) is 0 Å². The minimum absolute atomic E-state index is 0.172. The van der Waals surface area contributed by atoms with E-state index in [1.165, 1.54) is 17.5 Å². The summed E-state index contributed by atoms with van der Waals surface area (Å²) in [5.74, 6) is 0. The van der Waals surface area contributed by atoms with Crippen LogP contribution in [0, 0.1) is 0 Å². The van der Waals surface area contributed by atoms with Crippen LogP contribution in [-0.2, 0) is 6.42 Å². The van der Waals surface area contributed by atoms with Gasteiger partial charge in [0.05, 0.1) is 6.04 Å². The van der Waals surface area contributed by atoms with E-state index in [1.54, 1.807) is 0 Å². The van der Waals surface area contributed by atoms with Crippen LogP contribution in [0.5, 0.6) is 0 Å². The Kier molecular flexibility index (Phi) is 6.40. The molecular formula is C18H21BrN2S. The summed E-state index contributed by atoms with van der Waals surface area (Å²) in [7, 11) is 0. The van der Waals surface area contributed by atoms with Gasteiger partial charge in [0.25, 0.3) is 0 Å². The van der Waals surface area contributed by atoms with E-state index in [0.717, 1.165) is 16.6 Å². The minimum atomic E-state index is 0.172. The van der Waals surface area contributed by atoms with Crippen LogP contribution in [-0.4, -0.2) is 5.11 Å². The van der Waals surface area contributed by atoms with Crippen LogP contribution < -0.4 is 10.6 Å². The van der Waals surface area contributed by atoms with Gasteiger partial charge in [0.2, 0.25) is 0 Å². The van der Waals surface area contributed by atoms with Crippen LogP contribution in [0.25, 0.3) is 0 Å². The van der Waals surface area contributed by atoms with E-state index in [9.17, 15) is 0 Å². The summed E-state index contributed by atoms with van der Waals surface area (Å²) in [4.78, 5) is 0. The van der Waals surface area contributed by atoms with Gasteiger partial charge in [-0.2, -0.15) is 0 Å². The molecule has 0 aromatic heterocycles. The lowest BCUT2D eigenvalue weighted by Crippen LogP contribution is -2.30. The van der Waals surface area contributed by atoms with E-state index in [4.69, 9.17) is 12.2 Å². The second kappa shape index (κ2) is 8.30. The van der Waals surface area contributed by atoms with Gasteiger partial charge in [-0.3, -0.25) is 0 Å². The molecule has 116 valence electrons. The lowest BCUT2D eigenvalue weighted by Gasteiger charge is -2.18. The molecule has 0 fully saturated rings. The zero-order valence-corrected chi connectivity index (χ0v) is 15.3. The maximum Gasteiger partial charge on any atom is 0.171 e. The van der Waals surface area contributed by atoms with E-state index in [0.29, 0.717) is 5.11 Å². The first-order chi connectivity index (χ1) is 10.6. The van der Waals surface area contributed by atoms with Gasteiger partial charge in [0, 0.05) is 10.2 Å². The van der Waals surface area contributed by atoms with Crippen molar-refractivity contribution < 1.29 is 0 Å². The smallest absolute Gasteiger partial charge is 0.171 e. The van der Waals surface area contributed by atoms with Crippen molar-refractivity contribution >= 4 is 38.9 Å². The fourth-order valence-electron chi connectivity index (χ4n) is 2.24. The van der Waals surface area contributed by atoms with Gasteiger partial charge in [-0.25, -0.2) is 0 Å². The molecule has 2 N–H and O–H groups in total. The van der Waals surface area contributed by atoms with Crippen molar-refractivity contribution in [2.24, 2.45) is 0 Å². The maximum absolute atomic E-state index is 5.38. The number of hydrogen-bond donors (Lipinski definition) is 2. The molecule has 0 spiro atoms. The normalized spacial score (nSPS) is 11.8. The quantitative estimate of drug-likeness (QED) is 0.678. The molecule has 22 heavy (non-hydrogen) atoms. The molecule has 0 saturated heterocycles. The molecule has 2 aromatic carbocycles. The lowest BCUT2D eigenvalue weighted by molar-refractivity contribution is 0.722. The van der Waals surface area contributed by atoms with Crippen LogP contribution in [0.4, 0.5) is 5.69 Å². The van der Waals surface area contributed by atoms with Crippen LogP contribution >= 0.6 is 28.1 Å². The van der Waals surface area contributed by atoms with E-state index in [-0.39, 0.29) is 6.04 Å². The Morgan fingerprint density at radius 3 is 2.32 bits per heavy atom. The SMILES string of the molecule is CCCc1ccc(C(C)NC(=S)Nc2ccc(Br)cc2)cc1. The number of anilines is 1. The molecule has 0 saturated carbocycles. The lowest BCUT2D eigenvalue weighted by atomic mass is 10.0. The Labute approximate surface area is 146 Å². The van der Waals surface area contributed by atoms with Crippen molar-refractivity contribution in [1.82, 2.24) is 5.32 Å². The van der Waals surface area contributed by atoms with E-state index < -0.39 is 0 Å². The molecule has 1 atom stereocenters. The van der Waals surface area contributed by atoms with Crippen LogP contribution in [0.2, 0.25) is 0 Å². The minimum Gasteiger partial charge on any atom is -0.356 e. The van der Waals surface area contributed by atoms with Crippen molar-refractivity contribution in [3.05, 3.63) is 64.1 Å². The predicted octanol–water partition coefficient (Wildman–Crippen LogP) is 5.45. The Bertz CT molecular complexity index is 608. The summed E-state index contributed by atoms with van der Waals surface area (Å²) in [6.07, 6.45) is 2.31. The third-order valence-electron chi connectivity index (χ3n) is 3.47. The molecule has 0 radical (unpaired) electrons. The monoisotopic (exact) mass is 376 g/mol. The van der Waals surface area contributed by atoms with Gasteiger partial charge in [-0.15, -0.1) is 0 Å². The summed E-state index contributed by atoms with van der Waals surface area (Å²) < 4.78 is 1.05. The summed E-state index contributed by atoms with van der Waals surface area (Å²) in [5.41, 5.74) is 3.60. The molecule has 0 aliphatic rings. The zero-order valence-electron chi connectivity index (χ0n) is 12.9. The average Bonchev–Trinajstić information content (AvgIpc) is 2.50. The Balaban J connectivity index is 1.91. The number of aryl methyl sites for hydroxylation is 1. The van der Waals surface area contributed by atoms with Crippen molar-refractivity contribution in [2.75, 3.05) is 5.32 Å². The fourth-order valence-corrected chi connectivity index (χ4v) is 2.80. The van der Waals surface area contributed by atoms with Gasteiger partial charge >= 0.3 is 0 Å². The Morgan fingerprint density at radius 1 is 1.09 bits per heavy atom. The van der Waals surface area contributed by atoms with Gasteiger partial charge in [-0.1, -0.05) is 53.5 Å². The third-order valence-corrected chi connectivity index (χ3v) is 4.22. The van der Waals surface area contributed by atoms with E-state index >= 15 is 0 Å². The van der Waals surface area contributed by atoms with Gasteiger partial charge in [0.1, 0.15) is 0 Å². The summed E-state index contributed by atoms with van der Waals surface area (Å²) in [6, 6.07) is 16.9. The largest absolute Gasteiger partial charge is 0.356 e. The predicted molar refractivity (Wildman–Crippen MR) is 102 cm³/mol. The van der Waals surface area contributed by atoms with Gasteiger partial charge in [0.15, 0.2) is 5.11 Å². The molecule has 2 rings (SSSR count). The van der Waals surface area contributed by atoms with Crippen LogP contribution in [0.3, 0.4) is 0 Å². The summed E-state index contributed by atoms with van der Waals surface area (Å²) >= 11 is 8.80.